The molecule has 1 amide bonds. The van der Waals surface area contributed by atoms with Crippen LogP contribution >= 0.6 is 0 Å². The lowest BCUT2D eigenvalue weighted by molar-refractivity contribution is -0.131. The number of hydrogen-bond donors (Lipinski definition) is 0. The number of carbonyl (C=O) groups excluding carboxylic acids is 1. The second-order valence-electron chi connectivity index (χ2n) is 5.47. The first-order valence-corrected chi connectivity index (χ1v) is 7.63. The van der Waals surface area contributed by atoms with Gasteiger partial charge in [-0.05, 0) is 30.7 Å². The molecule has 0 aromatic heterocycles. The van der Waals surface area contributed by atoms with Crippen LogP contribution in [0.4, 0.5) is 0 Å². The maximum Gasteiger partial charge on any atom is 0.257 e. The van der Waals surface area contributed by atoms with E-state index in [4.69, 9.17) is 9.47 Å². The SMILES string of the molecule is COc1ccc(C=NN2C(=O)[C@@H]3C=CC=C[C@H]3N=C2C)cc1OC. The number of nitrogens with zero attached hydrogens (tertiary/aromatic N) is 3. The minimum absolute atomic E-state index is 0.0789. The third-order valence-corrected chi connectivity index (χ3v) is 3.97. The Kier molecular flexibility index (Phi) is 4.46. The van der Waals surface area contributed by atoms with Gasteiger partial charge in [-0.3, -0.25) is 9.79 Å². The maximum atomic E-state index is 12.6. The number of hydrogen-bond acceptors (Lipinski definition) is 5. The van der Waals surface area contributed by atoms with Crippen molar-refractivity contribution < 1.29 is 14.3 Å². The quantitative estimate of drug-likeness (QED) is 0.799. The Labute approximate surface area is 140 Å². The standard InChI is InChI=1S/C18H19N3O3/c1-12-20-15-7-5-4-6-14(15)18(22)21(12)19-11-13-8-9-16(23-2)17(10-13)24-3/h4-11,14-15H,1-3H3/t14-,15-/m1/s1. The van der Waals surface area contributed by atoms with Crippen LogP contribution in [0.15, 0.2) is 52.6 Å². The molecule has 0 radical (unpaired) electrons. The summed E-state index contributed by atoms with van der Waals surface area (Å²) in [7, 11) is 3.16. The van der Waals surface area contributed by atoms with Crippen LogP contribution in [-0.4, -0.2) is 43.2 Å². The van der Waals surface area contributed by atoms with Gasteiger partial charge in [-0.2, -0.15) is 10.1 Å². The first kappa shape index (κ1) is 16.0. The molecule has 0 saturated heterocycles. The van der Waals surface area contributed by atoms with E-state index in [9.17, 15) is 4.79 Å². The smallest absolute Gasteiger partial charge is 0.257 e. The number of hydrazone groups is 1. The molecular weight excluding hydrogens is 306 g/mol. The predicted octanol–water partition coefficient (Wildman–Crippen LogP) is 2.41. The molecule has 2 atom stereocenters. The van der Waals surface area contributed by atoms with Gasteiger partial charge in [0.2, 0.25) is 0 Å². The van der Waals surface area contributed by atoms with Crippen molar-refractivity contribution >= 4 is 18.0 Å². The molecule has 24 heavy (non-hydrogen) atoms. The normalized spacial score (nSPS) is 22.5. The summed E-state index contributed by atoms with van der Waals surface area (Å²) in [6.07, 6.45) is 9.18. The highest BCUT2D eigenvalue weighted by Gasteiger charge is 2.35. The number of carbonyl (C=O) groups is 1. The molecular formula is C18H19N3O3. The Hall–Kier alpha value is -2.89. The highest BCUT2D eigenvalue weighted by molar-refractivity contribution is 6.02. The van der Waals surface area contributed by atoms with Gasteiger partial charge in [0.25, 0.3) is 5.91 Å². The Bertz CT molecular complexity index is 765. The Balaban J connectivity index is 1.85. The number of allylic oxidation sites excluding steroid dienone is 2. The largest absolute Gasteiger partial charge is 0.493 e. The van der Waals surface area contributed by atoms with Gasteiger partial charge >= 0.3 is 0 Å². The van der Waals surface area contributed by atoms with Gasteiger partial charge in [0.05, 0.1) is 32.4 Å². The van der Waals surface area contributed by atoms with Crippen molar-refractivity contribution in [2.75, 3.05) is 14.2 Å². The molecule has 0 N–H and O–H groups in total. The van der Waals surface area contributed by atoms with Gasteiger partial charge in [-0.15, -0.1) is 0 Å². The molecule has 1 aromatic carbocycles. The molecule has 0 fully saturated rings. The summed E-state index contributed by atoms with van der Waals surface area (Å²) in [5.41, 5.74) is 0.800. The number of ether oxygens (including phenoxy) is 2. The first-order valence-electron chi connectivity index (χ1n) is 7.63. The van der Waals surface area contributed by atoms with Crippen LogP contribution in [-0.2, 0) is 4.79 Å². The molecule has 0 unspecified atom stereocenters. The zero-order valence-electron chi connectivity index (χ0n) is 13.8. The van der Waals surface area contributed by atoms with Crippen molar-refractivity contribution in [3.05, 3.63) is 48.1 Å². The van der Waals surface area contributed by atoms with Gasteiger partial charge in [0, 0.05) is 0 Å². The van der Waals surface area contributed by atoms with E-state index in [1.54, 1.807) is 39.5 Å². The summed E-state index contributed by atoms with van der Waals surface area (Å²) in [5.74, 6) is 1.46. The summed E-state index contributed by atoms with van der Waals surface area (Å²) >= 11 is 0. The molecule has 2 aliphatic rings. The molecule has 3 rings (SSSR count). The van der Waals surface area contributed by atoms with E-state index in [0.717, 1.165) is 5.56 Å². The Morgan fingerprint density at radius 3 is 2.67 bits per heavy atom. The number of methoxy groups -OCH3 is 2. The Morgan fingerprint density at radius 2 is 1.92 bits per heavy atom. The number of fused-ring (bicyclic) bond motifs is 1. The molecule has 0 saturated carbocycles. The van der Waals surface area contributed by atoms with Crippen LogP contribution in [0.3, 0.4) is 0 Å². The topological polar surface area (TPSA) is 63.5 Å². The predicted molar refractivity (Wildman–Crippen MR) is 92.7 cm³/mol. The second kappa shape index (κ2) is 6.70. The molecule has 1 aliphatic carbocycles. The highest BCUT2D eigenvalue weighted by Crippen LogP contribution is 2.27. The molecule has 1 aromatic rings. The van der Waals surface area contributed by atoms with Crippen molar-refractivity contribution in [1.29, 1.82) is 0 Å². The van der Waals surface area contributed by atoms with Crippen LogP contribution in [0, 0.1) is 5.92 Å². The number of amidine groups is 1. The number of amides is 1. The Morgan fingerprint density at radius 1 is 1.17 bits per heavy atom. The molecule has 0 spiro atoms. The fourth-order valence-electron chi connectivity index (χ4n) is 2.72. The van der Waals surface area contributed by atoms with E-state index in [1.807, 2.05) is 30.4 Å². The molecule has 6 heteroatoms. The zero-order chi connectivity index (χ0) is 17.1. The third-order valence-electron chi connectivity index (χ3n) is 3.97. The van der Waals surface area contributed by atoms with E-state index in [2.05, 4.69) is 10.1 Å². The summed E-state index contributed by atoms with van der Waals surface area (Å²) < 4.78 is 10.5. The van der Waals surface area contributed by atoms with Crippen LogP contribution in [0.25, 0.3) is 0 Å². The van der Waals surface area contributed by atoms with Gasteiger partial charge in [-0.1, -0.05) is 24.3 Å². The van der Waals surface area contributed by atoms with E-state index in [-0.39, 0.29) is 17.9 Å². The van der Waals surface area contributed by atoms with E-state index in [1.165, 1.54) is 5.01 Å². The molecule has 6 nitrogen and oxygen atoms in total. The average Bonchev–Trinajstić information content (AvgIpc) is 2.61. The monoisotopic (exact) mass is 325 g/mol. The summed E-state index contributed by atoms with van der Waals surface area (Å²) in [6, 6.07) is 5.31. The van der Waals surface area contributed by atoms with Crippen molar-refractivity contribution in [2.24, 2.45) is 16.0 Å². The summed E-state index contributed by atoms with van der Waals surface area (Å²) in [6.45, 7) is 1.78. The van der Waals surface area contributed by atoms with Crippen LogP contribution < -0.4 is 9.47 Å². The highest BCUT2D eigenvalue weighted by atomic mass is 16.5. The van der Waals surface area contributed by atoms with Crippen molar-refractivity contribution in [2.45, 2.75) is 13.0 Å². The summed E-state index contributed by atoms with van der Waals surface area (Å²) in [5, 5.41) is 5.66. The number of benzene rings is 1. The van der Waals surface area contributed by atoms with Crippen LogP contribution in [0.2, 0.25) is 0 Å². The maximum absolute atomic E-state index is 12.6. The van der Waals surface area contributed by atoms with Crippen LogP contribution in [0.5, 0.6) is 11.5 Å². The lowest BCUT2D eigenvalue weighted by atomic mass is 9.93. The van der Waals surface area contributed by atoms with Crippen molar-refractivity contribution in [3.8, 4) is 11.5 Å². The lowest BCUT2D eigenvalue weighted by Crippen LogP contribution is -2.44. The lowest BCUT2D eigenvalue weighted by Gasteiger charge is -2.30. The second-order valence-corrected chi connectivity index (χ2v) is 5.47. The van der Waals surface area contributed by atoms with E-state index < -0.39 is 0 Å². The molecule has 124 valence electrons. The molecule has 1 heterocycles. The zero-order valence-corrected chi connectivity index (χ0v) is 13.8. The first-order chi connectivity index (χ1) is 11.6. The average molecular weight is 325 g/mol. The van der Waals surface area contributed by atoms with Crippen molar-refractivity contribution in [1.82, 2.24) is 5.01 Å². The summed E-state index contributed by atoms with van der Waals surface area (Å²) in [4.78, 5) is 17.2. The van der Waals surface area contributed by atoms with E-state index >= 15 is 0 Å². The molecule has 0 bridgehead atoms. The fraction of sp³-hybridized carbons (Fsp3) is 0.278. The van der Waals surface area contributed by atoms with E-state index in [0.29, 0.717) is 17.3 Å². The number of aliphatic imine (C=N–C) groups is 1. The van der Waals surface area contributed by atoms with Gasteiger partial charge in [0.15, 0.2) is 11.5 Å². The van der Waals surface area contributed by atoms with Crippen molar-refractivity contribution in [3.63, 3.8) is 0 Å². The third kappa shape index (κ3) is 2.95. The number of rotatable bonds is 4. The van der Waals surface area contributed by atoms with Crippen LogP contribution in [0.1, 0.15) is 12.5 Å². The van der Waals surface area contributed by atoms with Gasteiger partial charge in [-0.25, -0.2) is 0 Å². The minimum Gasteiger partial charge on any atom is -0.493 e. The fourth-order valence-corrected chi connectivity index (χ4v) is 2.72. The minimum atomic E-state index is -0.291. The van der Waals surface area contributed by atoms with Gasteiger partial charge < -0.3 is 9.47 Å². The molecule has 1 aliphatic heterocycles. The van der Waals surface area contributed by atoms with Gasteiger partial charge in [0.1, 0.15) is 5.84 Å².